The first-order valence-electron chi connectivity index (χ1n) is 7.24. The van der Waals surface area contributed by atoms with E-state index in [-0.39, 0.29) is 0 Å². The number of hydrogen-bond donors (Lipinski definition) is 1. The fourth-order valence-corrected chi connectivity index (χ4v) is 2.88. The number of hydrogen-bond acceptors (Lipinski definition) is 3. The van der Waals surface area contributed by atoms with Gasteiger partial charge in [-0.25, -0.2) is 0 Å². The molecule has 0 saturated carbocycles. The molecule has 4 nitrogen and oxygen atoms in total. The summed E-state index contributed by atoms with van der Waals surface area (Å²) in [6.45, 7) is 8.51. The zero-order chi connectivity index (χ0) is 13.0. The largest absolute Gasteiger partial charge is 0.329 e. The van der Waals surface area contributed by atoms with Gasteiger partial charge in [0.2, 0.25) is 0 Å². The van der Waals surface area contributed by atoms with Gasteiger partial charge >= 0.3 is 0 Å². The van der Waals surface area contributed by atoms with Crippen LogP contribution in [0.4, 0.5) is 0 Å². The minimum atomic E-state index is 0.354. The van der Waals surface area contributed by atoms with E-state index in [0.29, 0.717) is 12.6 Å². The SMILES string of the molecule is CCCn1cc(C(CN)N2CCC(CC)C2)cn1. The van der Waals surface area contributed by atoms with Crippen LogP contribution in [-0.2, 0) is 6.54 Å². The number of nitrogens with two attached hydrogens (primary N) is 1. The first kappa shape index (κ1) is 13.6. The lowest BCUT2D eigenvalue weighted by Gasteiger charge is -2.25. The second-order valence-electron chi connectivity index (χ2n) is 5.35. The van der Waals surface area contributed by atoms with E-state index in [9.17, 15) is 0 Å². The van der Waals surface area contributed by atoms with Gasteiger partial charge in [-0.3, -0.25) is 9.58 Å². The molecule has 1 saturated heterocycles. The van der Waals surface area contributed by atoms with E-state index in [1.165, 1.54) is 31.5 Å². The maximum atomic E-state index is 5.98. The van der Waals surface area contributed by atoms with Crippen LogP contribution in [0.25, 0.3) is 0 Å². The number of likely N-dealkylation sites (tertiary alicyclic amines) is 1. The van der Waals surface area contributed by atoms with Crippen molar-refractivity contribution in [1.29, 1.82) is 0 Å². The summed E-state index contributed by atoms with van der Waals surface area (Å²) in [6, 6.07) is 0.354. The van der Waals surface area contributed by atoms with Gasteiger partial charge in [0, 0.05) is 31.4 Å². The quantitative estimate of drug-likeness (QED) is 0.840. The topological polar surface area (TPSA) is 47.1 Å². The zero-order valence-corrected chi connectivity index (χ0v) is 11.7. The molecule has 1 aliphatic heterocycles. The molecule has 0 aliphatic carbocycles. The highest BCUT2D eigenvalue weighted by Gasteiger charge is 2.28. The number of aromatic nitrogens is 2. The fraction of sp³-hybridized carbons (Fsp3) is 0.786. The summed E-state index contributed by atoms with van der Waals surface area (Å²) in [5.41, 5.74) is 7.26. The van der Waals surface area contributed by atoms with Gasteiger partial charge in [-0.05, 0) is 25.3 Å². The smallest absolute Gasteiger partial charge is 0.0538 e. The van der Waals surface area contributed by atoms with Crippen molar-refractivity contribution in [2.24, 2.45) is 11.7 Å². The summed E-state index contributed by atoms with van der Waals surface area (Å²) in [6.07, 6.45) is 7.88. The molecule has 102 valence electrons. The van der Waals surface area contributed by atoms with Crippen LogP contribution in [0.3, 0.4) is 0 Å². The van der Waals surface area contributed by atoms with Gasteiger partial charge in [0.05, 0.1) is 12.2 Å². The molecule has 2 rings (SSSR count). The Hall–Kier alpha value is -0.870. The van der Waals surface area contributed by atoms with Gasteiger partial charge in [-0.15, -0.1) is 0 Å². The van der Waals surface area contributed by atoms with Crippen LogP contribution in [0.2, 0.25) is 0 Å². The normalized spacial score (nSPS) is 22.5. The maximum absolute atomic E-state index is 5.98. The molecular weight excluding hydrogens is 224 g/mol. The highest BCUT2D eigenvalue weighted by molar-refractivity contribution is 5.12. The monoisotopic (exact) mass is 250 g/mol. The van der Waals surface area contributed by atoms with Gasteiger partial charge < -0.3 is 5.73 Å². The molecule has 1 aromatic rings. The molecule has 0 aromatic carbocycles. The van der Waals surface area contributed by atoms with Crippen molar-refractivity contribution in [3.05, 3.63) is 18.0 Å². The Morgan fingerprint density at radius 2 is 2.33 bits per heavy atom. The van der Waals surface area contributed by atoms with E-state index < -0.39 is 0 Å². The van der Waals surface area contributed by atoms with E-state index in [2.05, 4.69) is 30.0 Å². The van der Waals surface area contributed by atoms with Crippen LogP contribution in [0.5, 0.6) is 0 Å². The van der Waals surface area contributed by atoms with Crippen molar-refractivity contribution in [2.45, 2.75) is 45.7 Å². The predicted octanol–water partition coefficient (Wildman–Crippen LogP) is 2.02. The van der Waals surface area contributed by atoms with Crippen molar-refractivity contribution in [1.82, 2.24) is 14.7 Å². The number of aryl methyl sites for hydroxylation is 1. The Morgan fingerprint density at radius 3 is 2.94 bits per heavy atom. The van der Waals surface area contributed by atoms with Crippen LogP contribution in [-0.4, -0.2) is 34.3 Å². The van der Waals surface area contributed by atoms with Crippen LogP contribution in [0, 0.1) is 5.92 Å². The highest BCUT2D eigenvalue weighted by atomic mass is 15.3. The van der Waals surface area contributed by atoms with E-state index in [1.54, 1.807) is 0 Å². The average Bonchev–Trinajstić information content (AvgIpc) is 3.01. The minimum Gasteiger partial charge on any atom is -0.329 e. The number of rotatable bonds is 6. The third-order valence-corrected chi connectivity index (χ3v) is 4.05. The summed E-state index contributed by atoms with van der Waals surface area (Å²) < 4.78 is 2.03. The van der Waals surface area contributed by atoms with E-state index >= 15 is 0 Å². The molecule has 0 bridgehead atoms. The van der Waals surface area contributed by atoms with Crippen molar-refractivity contribution in [3.63, 3.8) is 0 Å². The molecule has 2 atom stereocenters. The molecule has 0 amide bonds. The summed E-state index contributed by atoms with van der Waals surface area (Å²) in [4.78, 5) is 2.53. The zero-order valence-electron chi connectivity index (χ0n) is 11.7. The Kier molecular flexibility index (Phi) is 4.78. The summed E-state index contributed by atoms with van der Waals surface area (Å²) in [5, 5.41) is 4.42. The second-order valence-corrected chi connectivity index (χ2v) is 5.35. The van der Waals surface area contributed by atoms with E-state index in [0.717, 1.165) is 18.9 Å². The van der Waals surface area contributed by atoms with Crippen molar-refractivity contribution < 1.29 is 0 Å². The van der Waals surface area contributed by atoms with Crippen LogP contribution >= 0.6 is 0 Å². The highest BCUT2D eigenvalue weighted by Crippen LogP contribution is 2.28. The molecule has 1 aromatic heterocycles. The first-order valence-corrected chi connectivity index (χ1v) is 7.24. The lowest BCUT2D eigenvalue weighted by molar-refractivity contribution is 0.240. The molecule has 2 N–H and O–H groups in total. The standard InChI is InChI=1S/C14H26N4/c1-3-6-18-11-13(9-16-18)14(8-15)17-7-5-12(4-2)10-17/h9,11-12,14H,3-8,10,15H2,1-2H3. The van der Waals surface area contributed by atoms with E-state index in [4.69, 9.17) is 5.73 Å². The minimum absolute atomic E-state index is 0.354. The average molecular weight is 250 g/mol. The van der Waals surface area contributed by atoms with Crippen molar-refractivity contribution in [3.8, 4) is 0 Å². The van der Waals surface area contributed by atoms with Gasteiger partial charge in [-0.1, -0.05) is 20.3 Å². The Bertz CT molecular complexity index is 360. The summed E-state index contributed by atoms with van der Waals surface area (Å²) in [7, 11) is 0. The third-order valence-electron chi connectivity index (χ3n) is 4.05. The lowest BCUT2D eigenvalue weighted by atomic mass is 10.1. The lowest BCUT2D eigenvalue weighted by Crippen LogP contribution is -2.31. The molecule has 18 heavy (non-hydrogen) atoms. The molecule has 1 fully saturated rings. The third kappa shape index (κ3) is 2.93. The van der Waals surface area contributed by atoms with Gasteiger partial charge in [-0.2, -0.15) is 5.10 Å². The first-order chi connectivity index (χ1) is 8.78. The summed E-state index contributed by atoms with van der Waals surface area (Å²) in [5.74, 6) is 0.852. The summed E-state index contributed by atoms with van der Waals surface area (Å²) >= 11 is 0. The second kappa shape index (κ2) is 6.34. The van der Waals surface area contributed by atoms with Gasteiger partial charge in [0.1, 0.15) is 0 Å². The molecule has 0 spiro atoms. The molecule has 4 heteroatoms. The molecular formula is C14H26N4. The predicted molar refractivity (Wildman–Crippen MR) is 74.3 cm³/mol. The Balaban J connectivity index is 2.03. The van der Waals surface area contributed by atoms with Crippen LogP contribution in [0.15, 0.2) is 12.4 Å². The number of nitrogens with zero attached hydrogens (tertiary/aromatic N) is 3. The van der Waals surface area contributed by atoms with Crippen LogP contribution < -0.4 is 5.73 Å². The van der Waals surface area contributed by atoms with Gasteiger partial charge in [0.15, 0.2) is 0 Å². The van der Waals surface area contributed by atoms with Crippen molar-refractivity contribution >= 4 is 0 Å². The van der Waals surface area contributed by atoms with E-state index in [1.807, 2.05) is 10.9 Å². The molecule has 1 aliphatic rings. The van der Waals surface area contributed by atoms with Crippen LogP contribution in [0.1, 0.15) is 44.7 Å². The molecule has 2 heterocycles. The van der Waals surface area contributed by atoms with Crippen molar-refractivity contribution in [2.75, 3.05) is 19.6 Å². The maximum Gasteiger partial charge on any atom is 0.0538 e. The molecule has 0 radical (unpaired) electrons. The van der Waals surface area contributed by atoms with Gasteiger partial charge in [0.25, 0.3) is 0 Å². The molecule has 2 unspecified atom stereocenters. The fourth-order valence-electron chi connectivity index (χ4n) is 2.88. The Morgan fingerprint density at radius 1 is 1.50 bits per heavy atom. The Labute approximate surface area is 110 Å².